The van der Waals surface area contributed by atoms with Crippen LogP contribution in [-0.4, -0.2) is 19.3 Å². The fourth-order valence-electron chi connectivity index (χ4n) is 3.04. The van der Waals surface area contributed by atoms with Crippen LogP contribution in [0.15, 0.2) is 54.6 Å². The molecule has 0 saturated heterocycles. The molecule has 0 fully saturated rings. The topological polar surface area (TPSA) is 38.7 Å². The summed E-state index contributed by atoms with van der Waals surface area (Å²) in [6, 6.07) is 17.6. The maximum atomic E-state index is 11.0. The third kappa shape index (κ3) is 3.18. The number of phenols is 1. The summed E-state index contributed by atoms with van der Waals surface area (Å²) in [5, 5.41) is 11.0. The molecule has 1 N–H and O–H groups in total. The summed E-state index contributed by atoms with van der Waals surface area (Å²) in [5.74, 6) is 1.68. The predicted molar refractivity (Wildman–Crippen MR) is 102 cm³/mol. The lowest BCUT2D eigenvalue weighted by atomic mass is 9.94. The summed E-state index contributed by atoms with van der Waals surface area (Å²) in [4.78, 5) is 0. The SMILES string of the molecule is COc1ccc(C)cc1-c1cccc(-c2cc(C)ccc2OC)c1O. The predicted octanol–water partition coefficient (Wildman–Crippen LogP) is 5.36. The molecular formula is C22H22O3. The highest BCUT2D eigenvalue weighted by atomic mass is 16.5. The number of hydrogen-bond acceptors (Lipinski definition) is 3. The molecule has 0 spiro atoms. The standard InChI is InChI=1S/C22H22O3/c1-14-8-10-20(24-3)18(12-14)16-6-5-7-17(22(16)23)19-13-15(2)9-11-21(19)25-4/h5-13,23H,1-4H3. The smallest absolute Gasteiger partial charge is 0.131 e. The van der Waals surface area contributed by atoms with Gasteiger partial charge in [0.25, 0.3) is 0 Å². The van der Waals surface area contributed by atoms with Gasteiger partial charge in [0.15, 0.2) is 0 Å². The molecule has 0 bridgehead atoms. The van der Waals surface area contributed by atoms with Crippen molar-refractivity contribution in [2.24, 2.45) is 0 Å². The molecule has 0 aliphatic carbocycles. The Bertz CT molecular complexity index is 841. The molecule has 3 nitrogen and oxygen atoms in total. The van der Waals surface area contributed by atoms with Gasteiger partial charge in [-0.3, -0.25) is 0 Å². The van der Waals surface area contributed by atoms with Crippen LogP contribution in [0.4, 0.5) is 0 Å². The van der Waals surface area contributed by atoms with Crippen LogP contribution in [0.1, 0.15) is 11.1 Å². The highest BCUT2D eigenvalue weighted by Crippen LogP contribution is 2.44. The highest BCUT2D eigenvalue weighted by Gasteiger charge is 2.16. The average molecular weight is 334 g/mol. The monoisotopic (exact) mass is 334 g/mol. The first-order chi connectivity index (χ1) is 12.0. The van der Waals surface area contributed by atoms with E-state index in [0.717, 1.165) is 44.9 Å². The Balaban J connectivity index is 2.24. The molecule has 128 valence electrons. The minimum atomic E-state index is 0.218. The van der Waals surface area contributed by atoms with Gasteiger partial charge in [0, 0.05) is 22.3 Å². The first-order valence-corrected chi connectivity index (χ1v) is 8.17. The van der Waals surface area contributed by atoms with Gasteiger partial charge in [-0.1, -0.05) is 41.5 Å². The van der Waals surface area contributed by atoms with E-state index in [-0.39, 0.29) is 5.75 Å². The number of phenolic OH excluding ortho intramolecular Hbond substituents is 1. The average Bonchev–Trinajstić information content (AvgIpc) is 2.62. The lowest BCUT2D eigenvalue weighted by Gasteiger charge is -2.16. The summed E-state index contributed by atoms with van der Waals surface area (Å²) < 4.78 is 11.0. The normalized spacial score (nSPS) is 10.6. The van der Waals surface area contributed by atoms with E-state index in [0.29, 0.717) is 0 Å². The Hall–Kier alpha value is -2.94. The quantitative estimate of drug-likeness (QED) is 0.698. The fraction of sp³-hybridized carbons (Fsp3) is 0.182. The Morgan fingerprint density at radius 1 is 0.640 bits per heavy atom. The minimum Gasteiger partial charge on any atom is -0.507 e. The summed E-state index contributed by atoms with van der Waals surface area (Å²) in [7, 11) is 3.28. The number of methoxy groups -OCH3 is 2. The van der Waals surface area contributed by atoms with Crippen molar-refractivity contribution < 1.29 is 14.6 Å². The Labute approximate surface area is 148 Å². The third-order valence-electron chi connectivity index (χ3n) is 4.33. The summed E-state index contributed by atoms with van der Waals surface area (Å²) in [6.45, 7) is 4.04. The zero-order valence-electron chi connectivity index (χ0n) is 15.0. The van der Waals surface area contributed by atoms with Crippen molar-refractivity contribution in [1.29, 1.82) is 0 Å². The number of aromatic hydroxyl groups is 1. The molecule has 0 atom stereocenters. The Morgan fingerprint density at radius 2 is 1.08 bits per heavy atom. The molecule has 3 aromatic rings. The number of benzene rings is 3. The van der Waals surface area contributed by atoms with Gasteiger partial charge in [-0.05, 0) is 38.1 Å². The second-order valence-corrected chi connectivity index (χ2v) is 6.11. The molecule has 0 amide bonds. The Morgan fingerprint density at radius 3 is 1.48 bits per heavy atom. The van der Waals surface area contributed by atoms with Crippen LogP contribution in [0.5, 0.6) is 17.2 Å². The second-order valence-electron chi connectivity index (χ2n) is 6.11. The largest absolute Gasteiger partial charge is 0.507 e. The molecule has 3 aromatic carbocycles. The zero-order valence-corrected chi connectivity index (χ0v) is 15.0. The van der Waals surface area contributed by atoms with Gasteiger partial charge in [0.1, 0.15) is 17.2 Å². The van der Waals surface area contributed by atoms with Crippen molar-refractivity contribution >= 4 is 0 Å². The third-order valence-corrected chi connectivity index (χ3v) is 4.33. The molecule has 0 radical (unpaired) electrons. The van der Waals surface area contributed by atoms with Crippen molar-refractivity contribution in [3.05, 3.63) is 65.7 Å². The maximum absolute atomic E-state index is 11.0. The fourth-order valence-corrected chi connectivity index (χ4v) is 3.04. The number of ether oxygens (including phenoxy) is 2. The molecule has 0 heterocycles. The summed E-state index contributed by atoms with van der Waals surface area (Å²) >= 11 is 0. The lowest BCUT2D eigenvalue weighted by Crippen LogP contribution is -1.92. The Kier molecular flexibility index (Phi) is 4.66. The van der Waals surface area contributed by atoms with E-state index in [9.17, 15) is 5.11 Å². The van der Waals surface area contributed by atoms with E-state index in [4.69, 9.17) is 9.47 Å². The lowest BCUT2D eigenvalue weighted by molar-refractivity contribution is 0.415. The second kappa shape index (κ2) is 6.89. The van der Waals surface area contributed by atoms with Gasteiger partial charge in [0.05, 0.1) is 14.2 Å². The van der Waals surface area contributed by atoms with E-state index < -0.39 is 0 Å². The number of hydrogen-bond donors (Lipinski definition) is 1. The highest BCUT2D eigenvalue weighted by molar-refractivity contribution is 5.86. The summed E-state index contributed by atoms with van der Waals surface area (Å²) in [5.41, 5.74) is 5.42. The van der Waals surface area contributed by atoms with E-state index in [1.807, 2.05) is 68.4 Å². The first kappa shape index (κ1) is 16.9. The zero-order chi connectivity index (χ0) is 18.0. The first-order valence-electron chi connectivity index (χ1n) is 8.17. The molecule has 3 rings (SSSR count). The van der Waals surface area contributed by atoms with Crippen molar-refractivity contribution in [3.63, 3.8) is 0 Å². The van der Waals surface area contributed by atoms with E-state index in [2.05, 4.69) is 0 Å². The van der Waals surface area contributed by atoms with Crippen LogP contribution in [0.25, 0.3) is 22.3 Å². The number of para-hydroxylation sites is 1. The van der Waals surface area contributed by atoms with Gasteiger partial charge >= 0.3 is 0 Å². The molecule has 25 heavy (non-hydrogen) atoms. The van der Waals surface area contributed by atoms with Gasteiger partial charge in [0.2, 0.25) is 0 Å². The van der Waals surface area contributed by atoms with E-state index >= 15 is 0 Å². The van der Waals surface area contributed by atoms with Gasteiger partial charge in [-0.15, -0.1) is 0 Å². The number of rotatable bonds is 4. The molecule has 0 saturated carbocycles. The van der Waals surface area contributed by atoms with E-state index in [1.165, 1.54) is 0 Å². The molecular weight excluding hydrogens is 312 g/mol. The molecule has 3 heteroatoms. The van der Waals surface area contributed by atoms with Gasteiger partial charge in [-0.2, -0.15) is 0 Å². The van der Waals surface area contributed by atoms with E-state index in [1.54, 1.807) is 14.2 Å². The molecule has 0 aliphatic heterocycles. The minimum absolute atomic E-state index is 0.218. The van der Waals surface area contributed by atoms with Crippen molar-refractivity contribution in [1.82, 2.24) is 0 Å². The van der Waals surface area contributed by atoms with Crippen molar-refractivity contribution in [2.75, 3.05) is 14.2 Å². The molecule has 0 unspecified atom stereocenters. The van der Waals surface area contributed by atoms with Crippen LogP contribution < -0.4 is 9.47 Å². The molecule has 0 aromatic heterocycles. The number of aryl methyl sites for hydroxylation is 2. The van der Waals surface area contributed by atoms with Gasteiger partial charge < -0.3 is 14.6 Å². The maximum Gasteiger partial charge on any atom is 0.131 e. The van der Waals surface area contributed by atoms with Crippen LogP contribution >= 0.6 is 0 Å². The van der Waals surface area contributed by atoms with Crippen LogP contribution in [0.2, 0.25) is 0 Å². The van der Waals surface area contributed by atoms with Gasteiger partial charge in [-0.25, -0.2) is 0 Å². The molecule has 0 aliphatic rings. The van der Waals surface area contributed by atoms with Crippen molar-refractivity contribution in [2.45, 2.75) is 13.8 Å². The van der Waals surface area contributed by atoms with Crippen LogP contribution in [0, 0.1) is 13.8 Å². The van der Waals surface area contributed by atoms with Crippen LogP contribution in [0.3, 0.4) is 0 Å². The van der Waals surface area contributed by atoms with Crippen molar-refractivity contribution in [3.8, 4) is 39.5 Å². The summed E-state index contributed by atoms with van der Waals surface area (Å²) in [6.07, 6.45) is 0. The van der Waals surface area contributed by atoms with Crippen LogP contribution in [-0.2, 0) is 0 Å².